The summed E-state index contributed by atoms with van der Waals surface area (Å²) in [6, 6.07) is 0.429. The Kier molecular flexibility index (Phi) is 2.59. The molecular weight excluding hydrogens is 182 g/mol. The van der Waals surface area contributed by atoms with Crippen molar-refractivity contribution in [3.63, 3.8) is 0 Å². The predicted molar refractivity (Wildman–Crippen MR) is 63.5 cm³/mol. The molecule has 84 valence electrons. The average Bonchev–Trinajstić information content (AvgIpc) is 2.87. The Labute approximate surface area is 93.1 Å². The summed E-state index contributed by atoms with van der Waals surface area (Å²) in [7, 11) is 0. The van der Waals surface area contributed by atoms with Crippen LogP contribution in [0, 0.1) is 17.8 Å². The molecule has 1 heteroatoms. The van der Waals surface area contributed by atoms with E-state index in [1.807, 2.05) is 0 Å². The Morgan fingerprint density at radius 1 is 1.07 bits per heavy atom. The molecule has 0 aromatic rings. The third kappa shape index (κ3) is 1.75. The molecule has 3 rings (SSSR count). The first kappa shape index (κ1) is 9.89. The van der Waals surface area contributed by atoms with E-state index < -0.39 is 0 Å². The highest BCUT2D eigenvalue weighted by molar-refractivity contribution is 5.20. The second-order valence-electron chi connectivity index (χ2n) is 5.74. The average molecular weight is 205 g/mol. The summed E-state index contributed by atoms with van der Waals surface area (Å²) in [5.41, 5.74) is 8.05. The van der Waals surface area contributed by atoms with E-state index >= 15 is 0 Å². The maximum Gasteiger partial charge on any atom is 0.0287 e. The molecule has 15 heavy (non-hydrogen) atoms. The number of rotatable bonds is 2. The van der Waals surface area contributed by atoms with Crippen LogP contribution < -0.4 is 5.73 Å². The lowest BCUT2D eigenvalue weighted by molar-refractivity contribution is 0.514. The molecule has 2 fully saturated rings. The Bertz CT molecular complexity index is 259. The predicted octanol–water partition coefficient (Wildman–Crippen LogP) is 3.25. The Morgan fingerprint density at radius 3 is 2.67 bits per heavy atom. The molecule has 1 nitrogen and oxygen atoms in total. The van der Waals surface area contributed by atoms with Gasteiger partial charge in [0.1, 0.15) is 0 Å². The van der Waals surface area contributed by atoms with E-state index in [-0.39, 0.29) is 0 Å². The van der Waals surface area contributed by atoms with Gasteiger partial charge in [-0.05, 0) is 56.3 Å². The number of allylic oxidation sites excluding steroid dienone is 1. The zero-order chi connectivity index (χ0) is 10.3. The van der Waals surface area contributed by atoms with Gasteiger partial charge in [0.25, 0.3) is 0 Å². The molecule has 0 saturated heterocycles. The number of hydrogen-bond donors (Lipinski definition) is 1. The van der Waals surface area contributed by atoms with Crippen LogP contribution >= 0.6 is 0 Å². The van der Waals surface area contributed by atoms with Gasteiger partial charge in [-0.3, -0.25) is 0 Å². The van der Waals surface area contributed by atoms with Crippen molar-refractivity contribution in [3.05, 3.63) is 11.6 Å². The second-order valence-corrected chi connectivity index (χ2v) is 5.74. The molecule has 3 aliphatic carbocycles. The lowest BCUT2D eigenvalue weighted by Crippen LogP contribution is -2.27. The first-order valence-corrected chi connectivity index (χ1v) is 6.82. The highest BCUT2D eigenvalue weighted by Gasteiger charge is 2.55. The normalized spacial score (nSPS) is 41.7. The molecule has 0 aromatic carbocycles. The molecule has 0 bridgehead atoms. The minimum Gasteiger partial charge on any atom is -0.324 e. The maximum atomic E-state index is 6.45. The topological polar surface area (TPSA) is 26.0 Å². The summed E-state index contributed by atoms with van der Waals surface area (Å²) < 4.78 is 0. The van der Waals surface area contributed by atoms with Gasteiger partial charge in [0, 0.05) is 6.04 Å². The lowest BCUT2D eigenvalue weighted by Gasteiger charge is -2.17. The molecule has 0 radical (unpaired) electrons. The number of nitrogens with two attached hydrogens (primary N) is 1. The van der Waals surface area contributed by atoms with Crippen molar-refractivity contribution in [2.45, 2.75) is 57.4 Å². The lowest BCUT2D eigenvalue weighted by atomic mass is 9.94. The summed E-state index contributed by atoms with van der Waals surface area (Å²) in [6.45, 7) is 0. The molecule has 0 aromatic heterocycles. The van der Waals surface area contributed by atoms with Crippen molar-refractivity contribution in [3.8, 4) is 0 Å². The quantitative estimate of drug-likeness (QED) is 0.688. The van der Waals surface area contributed by atoms with Gasteiger partial charge in [-0.1, -0.05) is 24.5 Å². The number of fused-ring (bicyclic) bond motifs is 1. The van der Waals surface area contributed by atoms with Crippen LogP contribution in [0.15, 0.2) is 11.6 Å². The Morgan fingerprint density at radius 2 is 1.87 bits per heavy atom. The summed E-state index contributed by atoms with van der Waals surface area (Å²) in [6.07, 6.45) is 13.6. The smallest absolute Gasteiger partial charge is 0.0287 e. The Hall–Kier alpha value is -0.300. The standard InChI is InChI=1S/C14H23N/c15-14(10-6-3-1-2-4-7-10)13-11-8-5-9-12(11)13/h6,11-14H,1-5,7-9,15H2. The van der Waals surface area contributed by atoms with Gasteiger partial charge >= 0.3 is 0 Å². The van der Waals surface area contributed by atoms with Crippen molar-refractivity contribution in [2.75, 3.05) is 0 Å². The van der Waals surface area contributed by atoms with Crippen LogP contribution in [-0.2, 0) is 0 Å². The molecule has 3 unspecified atom stereocenters. The van der Waals surface area contributed by atoms with Crippen LogP contribution in [0.1, 0.15) is 51.4 Å². The molecule has 2 N–H and O–H groups in total. The molecule has 2 saturated carbocycles. The van der Waals surface area contributed by atoms with Crippen molar-refractivity contribution < 1.29 is 0 Å². The highest BCUT2D eigenvalue weighted by Crippen LogP contribution is 2.59. The molecular formula is C14H23N. The SMILES string of the molecule is NC(C1=CCCCCC1)C1C2CCCC21. The molecule has 0 aliphatic heterocycles. The van der Waals surface area contributed by atoms with Crippen molar-refractivity contribution in [1.82, 2.24) is 0 Å². The van der Waals surface area contributed by atoms with Crippen LogP contribution in [0.4, 0.5) is 0 Å². The van der Waals surface area contributed by atoms with Crippen molar-refractivity contribution in [2.24, 2.45) is 23.5 Å². The minimum atomic E-state index is 0.429. The van der Waals surface area contributed by atoms with E-state index in [9.17, 15) is 0 Å². The van der Waals surface area contributed by atoms with E-state index in [2.05, 4.69) is 6.08 Å². The van der Waals surface area contributed by atoms with Crippen LogP contribution in [0.25, 0.3) is 0 Å². The molecule has 0 heterocycles. The van der Waals surface area contributed by atoms with Gasteiger partial charge < -0.3 is 5.73 Å². The number of hydrogen-bond acceptors (Lipinski definition) is 1. The Balaban J connectivity index is 1.64. The fraction of sp³-hybridized carbons (Fsp3) is 0.857. The van der Waals surface area contributed by atoms with E-state index in [0.29, 0.717) is 6.04 Å². The van der Waals surface area contributed by atoms with Crippen LogP contribution in [-0.4, -0.2) is 6.04 Å². The van der Waals surface area contributed by atoms with Gasteiger partial charge in [-0.25, -0.2) is 0 Å². The largest absolute Gasteiger partial charge is 0.324 e. The summed E-state index contributed by atoms with van der Waals surface area (Å²) >= 11 is 0. The second kappa shape index (κ2) is 3.93. The third-order valence-electron chi connectivity index (χ3n) is 4.89. The minimum absolute atomic E-state index is 0.429. The van der Waals surface area contributed by atoms with E-state index in [4.69, 9.17) is 5.73 Å². The zero-order valence-electron chi connectivity index (χ0n) is 9.62. The van der Waals surface area contributed by atoms with Crippen LogP contribution in [0.3, 0.4) is 0 Å². The van der Waals surface area contributed by atoms with Crippen molar-refractivity contribution in [1.29, 1.82) is 0 Å². The molecule has 0 amide bonds. The van der Waals surface area contributed by atoms with E-state index in [1.54, 1.807) is 5.57 Å². The van der Waals surface area contributed by atoms with Gasteiger partial charge in [0.15, 0.2) is 0 Å². The van der Waals surface area contributed by atoms with E-state index in [1.165, 1.54) is 51.4 Å². The molecule has 3 aliphatic rings. The first-order chi connectivity index (χ1) is 7.38. The molecule has 3 atom stereocenters. The molecule has 0 spiro atoms. The zero-order valence-corrected chi connectivity index (χ0v) is 9.62. The monoisotopic (exact) mass is 205 g/mol. The van der Waals surface area contributed by atoms with Crippen LogP contribution in [0.5, 0.6) is 0 Å². The third-order valence-corrected chi connectivity index (χ3v) is 4.89. The fourth-order valence-corrected chi connectivity index (χ4v) is 4.00. The summed E-state index contributed by atoms with van der Waals surface area (Å²) in [5, 5.41) is 0. The van der Waals surface area contributed by atoms with E-state index in [0.717, 1.165) is 17.8 Å². The first-order valence-electron chi connectivity index (χ1n) is 6.82. The summed E-state index contributed by atoms with van der Waals surface area (Å²) in [5.74, 6) is 2.91. The van der Waals surface area contributed by atoms with Gasteiger partial charge in [-0.15, -0.1) is 0 Å². The van der Waals surface area contributed by atoms with Crippen LogP contribution in [0.2, 0.25) is 0 Å². The summed E-state index contributed by atoms with van der Waals surface area (Å²) in [4.78, 5) is 0. The van der Waals surface area contributed by atoms with Gasteiger partial charge in [0.05, 0.1) is 0 Å². The van der Waals surface area contributed by atoms with Gasteiger partial charge in [-0.2, -0.15) is 0 Å². The fourth-order valence-electron chi connectivity index (χ4n) is 4.00. The van der Waals surface area contributed by atoms with Crippen molar-refractivity contribution >= 4 is 0 Å². The highest BCUT2D eigenvalue weighted by atomic mass is 14.8. The van der Waals surface area contributed by atoms with Gasteiger partial charge in [0.2, 0.25) is 0 Å². The maximum absolute atomic E-state index is 6.45.